The number of amides is 4. The molecule has 0 aliphatic carbocycles. The molecule has 0 spiro atoms. The van der Waals surface area contributed by atoms with E-state index >= 15 is 0 Å². The number of carboxylic acid groups (broad SMARTS) is 1. The summed E-state index contributed by atoms with van der Waals surface area (Å²) >= 11 is 0. The predicted octanol–water partition coefficient (Wildman–Crippen LogP) is -4.00. The summed E-state index contributed by atoms with van der Waals surface area (Å²) in [5.41, 5.74) is 10.7. The van der Waals surface area contributed by atoms with E-state index in [2.05, 4.69) is 10.6 Å². The van der Waals surface area contributed by atoms with Crippen LogP contribution >= 0.6 is 0 Å². The van der Waals surface area contributed by atoms with Gasteiger partial charge in [-0.2, -0.15) is 0 Å². The lowest BCUT2D eigenvalue weighted by molar-refractivity contribution is -0.145. The fourth-order valence-corrected chi connectivity index (χ4v) is 2.99. The largest absolute Gasteiger partial charge is 0.480 e. The first-order valence-electron chi connectivity index (χ1n) is 9.46. The maximum absolute atomic E-state index is 13.0. The average molecular weight is 431 g/mol. The van der Waals surface area contributed by atoms with Crippen molar-refractivity contribution >= 4 is 29.6 Å². The van der Waals surface area contributed by atoms with Gasteiger partial charge in [-0.1, -0.05) is 0 Å². The third-order valence-electron chi connectivity index (χ3n) is 4.75. The number of aliphatic hydroxyl groups is 2. The molecule has 13 heteroatoms. The monoisotopic (exact) mass is 431 g/mol. The van der Waals surface area contributed by atoms with Crippen molar-refractivity contribution in [2.24, 2.45) is 11.5 Å². The number of aliphatic hydroxyl groups excluding tert-OH is 2. The highest BCUT2D eigenvalue weighted by atomic mass is 16.4. The molecule has 1 saturated heterocycles. The lowest BCUT2D eigenvalue weighted by Gasteiger charge is -2.30. The van der Waals surface area contributed by atoms with Crippen molar-refractivity contribution < 1.29 is 39.3 Å². The molecule has 0 saturated carbocycles. The van der Waals surface area contributed by atoms with E-state index in [9.17, 15) is 29.1 Å². The Morgan fingerprint density at radius 3 is 2.30 bits per heavy atom. The fraction of sp³-hybridized carbons (Fsp3) is 0.706. The molecule has 13 nitrogen and oxygen atoms in total. The number of nitrogens with one attached hydrogen (secondary N) is 2. The van der Waals surface area contributed by atoms with Crippen LogP contribution in [0, 0.1) is 0 Å². The Bertz CT molecular complexity index is 671. The van der Waals surface area contributed by atoms with E-state index < -0.39 is 66.5 Å². The molecule has 5 unspecified atom stereocenters. The zero-order valence-electron chi connectivity index (χ0n) is 16.6. The summed E-state index contributed by atoms with van der Waals surface area (Å²) in [6.45, 7) is 0.640. The van der Waals surface area contributed by atoms with Crippen molar-refractivity contribution in [2.75, 3.05) is 13.2 Å². The second-order valence-corrected chi connectivity index (χ2v) is 7.10. The van der Waals surface area contributed by atoms with Gasteiger partial charge in [0, 0.05) is 13.0 Å². The van der Waals surface area contributed by atoms with Gasteiger partial charge in [0.2, 0.25) is 23.6 Å². The Morgan fingerprint density at radius 2 is 1.80 bits per heavy atom. The second-order valence-electron chi connectivity index (χ2n) is 7.10. The Labute approximate surface area is 172 Å². The van der Waals surface area contributed by atoms with Gasteiger partial charge < -0.3 is 42.3 Å². The number of carbonyl (C=O) groups is 5. The number of carbonyl (C=O) groups excluding carboxylic acids is 4. The number of hydrogen-bond acceptors (Lipinski definition) is 8. The van der Waals surface area contributed by atoms with Crippen molar-refractivity contribution in [3.8, 4) is 0 Å². The molecular formula is C17H29N5O8. The van der Waals surface area contributed by atoms with Crippen LogP contribution in [0.2, 0.25) is 0 Å². The summed E-state index contributed by atoms with van der Waals surface area (Å²) in [6.07, 6.45) is -0.861. The minimum Gasteiger partial charge on any atom is -0.480 e. The van der Waals surface area contributed by atoms with E-state index in [4.69, 9.17) is 21.7 Å². The highest BCUT2D eigenvalue weighted by Gasteiger charge is 2.39. The van der Waals surface area contributed by atoms with Crippen LogP contribution in [-0.2, 0) is 24.0 Å². The van der Waals surface area contributed by atoms with Gasteiger partial charge in [-0.05, 0) is 26.2 Å². The van der Waals surface area contributed by atoms with Crippen LogP contribution in [0.5, 0.6) is 0 Å². The normalized spacial score (nSPS) is 20.0. The summed E-state index contributed by atoms with van der Waals surface area (Å²) in [6, 6.07) is -5.07. The van der Waals surface area contributed by atoms with Gasteiger partial charge >= 0.3 is 5.97 Å². The van der Waals surface area contributed by atoms with Gasteiger partial charge in [0.25, 0.3) is 0 Å². The Morgan fingerprint density at radius 1 is 1.17 bits per heavy atom. The quantitative estimate of drug-likeness (QED) is 0.169. The second kappa shape index (κ2) is 11.4. The molecule has 0 aromatic heterocycles. The number of rotatable bonds is 11. The van der Waals surface area contributed by atoms with E-state index in [1.807, 2.05) is 0 Å². The summed E-state index contributed by atoms with van der Waals surface area (Å²) in [4.78, 5) is 61.0. The molecule has 170 valence electrons. The number of nitrogens with zero attached hydrogens (tertiary/aromatic N) is 1. The van der Waals surface area contributed by atoms with Gasteiger partial charge in [-0.3, -0.25) is 19.2 Å². The van der Waals surface area contributed by atoms with E-state index in [0.29, 0.717) is 6.42 Å². The minimum absolute atomic E-state index is 0.147. The Kier molecular flexibility index (Phi) is 9.62. The first-order chi connectivity index (χ1) is 14.0. The predicted molar refractivity (Wildman–Crippen MR) is 101 cm³/mol. The van der Waals surface area contributed by atoms with Crippen molar-refractivity contribution in [3.63, 3.8) is 0 Å². The van der Waals surface area contributed by atoms with Crippen molar-refractivity contribution in [3.05, 3.63) is 0 Å². The Hall–Kier alpha value is -2.77. The molecule has 1 aliphatic heterocycles. The molecule has 30 heavy (non-hydrogen) atoms. The highest BCUT2D eigenvalue weighted by Crippen LogP contribution is 2.20. The standard InChI is InChI=1S/C17H29N5O8/c1-8(24)13(19)15(27)20-9(4-5-12(18)25)16(28)22-6-2-3-11(22)14(26)21-10(7-23)17(29)30/h8-11,13,23-24H,2-7,19H2,1H3,(H2,18,25)(H,20,27)(H,21,26)(H,29,30). The molecule has 4 amide bonds. The van der Waals surface area contributed by atoms with Gasteiger partial charge in [0.1, 0.15) is 24.2 Å². The van der Waals surface area contributed by atoms with E-state index in [1.54, 1.807) is 0 Å². The topological polar surface area (TPSA) is 225 Å². The number of nitrogens with two attached hydrogens (primary N) is 2. The summed E-state index contributed by atoms with van der Waals surface area (Å²) < 4.78 is 0. The summed E-state index contributed by atoms with van der Waals surface area (Å²) in [5.74, 6) is -4.39. The number of carboxylic acids is 1. The third kappa shape index (κ3) is 6.93. The summed E-state index contributed by atoms with van der Waals surface area (Å²) in [7, 11) is 0. The van der Waals surface area contributed by atoms with Crippen LogP contribution < -0.4 is 22.1 Å². The van der Waals surface area contributed by atoms with E-state index in [1.165, 1.54) is 11.8 Å². The summed E-state index contributed by atoms with van der Waals surface area (Å²) in [5, 5.41) is 32.0. The van der Waals surface area contributed by atoms with Crippen LogP contribution in [0.4, 0.5) is 0 Å². The number of primary amides is 1. The SMILES string of the molecule is CC(O)C(N)C(=O)NC(CCC(N)=O)C(=O)N1CCCC1C(=O)NC(CO)C(=O)O. The smallest absolute Gasteiger partial charge is 0.328 e. The van der Waals surface area contributed by atoms with Gasteiger partial charge in [-0.25, -0.2) is 4.79 Å². The molecule has 1 aliphatic rings. The molecule has 1 rings (SSSR count). The molecule has 9 N–H and O–H groups in total. The average Bonchev–Trinajstić information content (AvgIpc) is 3.17. The van der Waals surface area contributed by atoms with Crippen LogP contribution in [0.15, 0.2) is 0 Å². The van der Waals surface area contributed by atoms with Gasteiger partial charge in [0.15, 0.2) is 0 Å². The molecule has 1 fully saturated rings. The number of aliphatic carboxylic acids is 1. The minimum atomic E-state index is -1.52. The van der Waals surface area contributed by atoms with Crippen LogP contribution in [0.1, 0.15) is 32.6 Å². The lowest BCUT2D eigenvalue weighted by atomic mass is 10.1. The van der Waals surface area contributed by atoms with E-state index in [-0.39, 0.29) is 25.8 Å². The number of likely N-dealkylation sites (tertiary alicyclic amines) is 1. The van der Waals surface area contributed by atoms with E-state index in [0.717, 1.165) is 0 Å². The zero-order chi connectivity index (χ0) is 23.0. The number of hydrogen-bond donors (Lipinski definition) is 7. The van der Waals surface area contributed by atoms with Gasteiger partial charge in [0.05, 0.1) is 12.7 Å². The van der Waals surface area contributed by atoms with Gasteiger partial charge in [-0.15, -0.1) is 0 Å². The van der Waals surface area contributed by atoms with Crippen molar-refractivity contribution in [1.29, 1.82) is 0 Å². The first kappa shape index (κ1) is 25.3. The maximum atomic E-state index is 13.0. The molecule has 0 aromatic carbocycles. The lowest BCUT2D eigenvalue weighted by Crippen LogP contribution is -2.58. The van der Waals surface area contributed by atoms with Crippen LogP contribution in [-0.4, -0.2) is 93.2 Å². The maximum Gasteiger partial charge on any atom is 0.328 e. The molecule has 1 heterocycles. The first-order valence-corrected chi connectivity index (χ1v) is 9.46. The third-order valence-corrected chi connectivity index (χ3v) is 4.75. The van der Waals surface area contributed by atoms with Crippen molar-refractivity contribution in [1.82, 2.24) is 15.5 Å². The Balaban J connectivity index is 2.96. The molecule has 5 atom stereocenters. The molecule has 0 radical (unpaired) electrons. The molecule has 0 bridgehead atoms. The zero-order valence-corrected chi connectivity index (χ0v) is 16.6. The van der Waals surface area contributed by atoms with Crippen LogP contribution in [0.25, 0.3) is 0 Å². The highest BCUT2D eigenvalue weighted by molar-refractivity contribution is 5.94. The molecule has 0 aromatic rings. The van der Waals surface area contributed by atoms with Crippen LogP contribution in [0.3, 0.4) is 0 Å². The van der Waals surface area contributed by atoms with Crippen molar-refractivity contribution in [2.45, 2.75) is 62.9 Å². The fourth-order valence-electron chi connectivity index (χ4n) is 2.99. The molecular weight excluding hydrogens is 402 g/mol.